The molecule has 0 bridgehead atoms. The van der Waals surface area contributed by atoms with Gasteiger partial charge in [0.05, 0.1) is 32.6 Å². The number of para-hydroxylation sites is 1. The van der Waals surface area contributed by atoms with Gasteiger partial charge in [-0.3, -0.25) is 9.59 Å². The highest BCUT2D eigenvalue weighted by Crippen LogP contribution is 2.32. The van der Waals surface area contributed by atoms with E-state index in [0.717, 1.165) is 11.3 Å². The molecule has 0 aromatic heterocycles. The number of methoxy groups -OCH3 is 2. The molecule has 2 aromatic rings. The van der Waals surface area contributed by atoms with E-state index in [-0.39, 0.29) is 24.9 Å². The van der Waals surface area contributed by atoms with Crippen molar-refractivity contribution in [1.82, 2.24) is 5.32 Å². The monoisotopic (exact) mass is 385 g/mol. The van der Waals surface area contributed by atoms with Gasteiger partial charge in [-0.15, -0.1) is 0 Å². The number of nitrogens with one attached hydrogen (secondary N) is 1. The maximum absolute atomic E-state index is 12.8. The van der Waals surface area contributed by atoms with Gasteiger partial charge in [-0.25, -0.2) is 0 Å². The van der Waals surface area contributed by atoms with Crippen LogP contribution in [0.15, 0.2) is 42.5 Å². The molecule has 1 aliphatic rings. The lowest BCUT2D eigenvalue weighted by atomic mass is 9.95. The van der Waals surface area contributed by atoms with E-state index in [0.29, 0.717) is 23.5 Å². The number of carboxylic acids is 1. The highest BCUT2D eigenvalue weighted by atomic mass is 16.5. The van der Waals surface area contributed by atoms with Crippen molar-refractivity contribution in [2.75, 3.05) is 20.8 Å². The Hall–Kier alpha value is -3.22. The smallest absolute Gasteiger partial charge is 0.305 e. The third-order valence-electron chi connectivity index (χ3n) is 4.75. The van der Waals surface area contributed by atoms with Gasteiger partial charge in [-0.1, -0.05) is 24.3 Å². The number of carboxylic acid groups (broad SMARTS) is 1. The van der Waals surface area contributed by atoms with Gasteiger partial charge in [0.1, 0.15) is 12.4 Å². The fourth-order valence-corrected chi connectivity index (χ4v) is 3.28. The van der Waals surface area contributed by atoms with Crippen LogP contribution in [0.5, 0.6) is 17.2 Å². The summed E-state index contributed by atoms with van der Waals surface area (Å²) in [5.74, 6) is 0.157. The van der Waals surface area contributed by atoms with Crippen molar-refractivity contribution in [1.29, 1.82) is 0 Å². The van der Waals surface area contributed by atoms with Crippen LogP contribution in [-0.4, -0.2) is 37.8 Å². The van der Waals surface area contributed by atoms with Crippen LogP contribution in [-0.2, 0) is 16.0 Å². The number of ether oxygens (including phenoxy) is 3. The Balaban J connectivity index is 1.78. The summed E-state index contributed by atoms with van der Waals surface area (Å²) in [7, 11) is 3.03. The average molecular weight is 385 g/mol. The Bertz CT molecular complexity index is 866. The molecule has 7 nitrogen and oxygen atoms in total. The van der Waals surface area contributed by atoms with Gasteiger partial charge >= 0.3 is 5.97 Å². The third-order valence-corrected chi connectivity index (χ3v) is 4.75. The Morgan fingerprint density at radius 3 is 2.64 bits per heavy atom. The lowest BCUT2D eigenvalue weighted by molar-refractivity contribution is -0.138. The molecule has 2 N–H and O–H groups in total. The lowest BCUT2D eigenvalue weighted by Gasteiger charge is -2.27. The number of hydrogen-bond donors (Lipinski definition) is 2. The molecule has 0 spiro atoms. The zero-order chi connectivity index (χ0) is 20.1. The molecule has 0 aliphatic carbocycles. The highest BCUT2D eigenvalue weighted by Gasteiger charge is 2.28. The molecule has 0 radical (unpaired) electrons. The fourth-order valence-electron chi connectivity index (χ4n) is 3.28. The molecule has 0 saturated carbocycles. The molecule has 0 fully saturated rings. The van der Waals surface area contributed by atoms with E-state index in [1.807, 2.05) is 24.3 Å². The van der Waals surface area contributed by atoms with Crippen molar-refractivity contribution in [3.63, 3.8) is 0 Å². The topological polar surface area (TPSA) is 94.1 Å². The molecule has 28 heavy (non-hydrogen) atoms. The number of benzene rings is 2. The standard InChI is InChI=1S/C21H23NO6/c1-26-18-8-7-13(10-19(18)27-2)16(11-20(23)24)22-21(25)15-9-14-5-3-4-6-17(14)28-12-15/h3-8,10,15-16H,9,11-12H2,1-2H3,(H,22,25)(H,23,24)/t15-,16+/m0/s1. The minimum absolute atomic E-state index is 0.240. The number of rotatable bonds is 7. The second kappa shape index (κ2) is 8.65. The lowest BCUT2D eigenvalue weighted by Crippen LogP contribution is -2.39. The van der Waals surface area contributed by atoms with Gasteiger partial charge in [0.25, 0.3) is 0 Å². The minimum Gasteiger partial charge on any atom is -0.493 e. The largest absolute Gasteiger partial charge is 0.493 e. The number of carbonyl (C=O) groups excluding carboxylic acids is 1. The van der Waals surface area contributed by atoms with Gasteiger partial charge < -0.3 is 24.6 Å². The normalized spacial score (nSPS) is 16.3. The Morgan fingerprint density at radius 1 is 1.18 bits per heavy atom. The van der Waals surface area contributed by atoms with Crippen LogP contribution in [0, 0.1) is 5.92 Å². The van der Waals surface area contributed by atoms with Crippen LogP contribution >= 0.6 is 0 Å². The predicted molar refractivity (Wildman–Crippen MR) is 102 cm³/mol. The van der Waals surface area contributed by atoms with E-state index in [1.54, 1.807) is 18.2 Å². The van der Waals surface area contributed by atoms with Crippen molar-refractivity contribution in [3.8, 4) is 17.2 Å². The molecule has 148 valence electrons. The van der Waals surface area contributed by atoms with Crippen molar-refractivity contribution >= 4 is 11.9 Å². The number of carbonyl (C=O) groups is 2. The van der Waals surface area contributed by atoms with E-state index in [1.165, 1.54) is 14.2 Å². The molecular formula is C21H23NO6. The summed E-state index contributed by atoms with van der Waals surface area (Å²) >= 11 is 0. The zero-order valence-corrected chi connectivity index (χ0v) is 15.8. The number of hydrogen-bond acceptors (Lipinski definition) is 5. The second-order valence-corrected chi connectivity index (χ2v) is 6.59. The van der Waals surface area contributed by atoms with Crippen LogP contribution < -0.4 is 19.5 Å². The Morgan fingerprint density at radius 2 is 1.93 bits per heavy atom. The third kappa shape index (κ3) is 4.36. The number of aliphatic carboxylic acids is 1. The molecule has 1 amide bonds. The maximum Gasteiger partial charge on any atom is 0.305 e. The van der Waals surface area contributed by atoms with Crippen molar-refractivity contribution in [2.24, 2.45) is 5.92 Å². The van der Waals surface area contributed by atoms with Crippen LogP contribution in [0.3, 0.4) is 0 Å². The summed E-state index contributed by atoms with van der Waals surface area (Å²) in [6, 6.07) is 12.0. The first kappa shape index (κ1) is 19.5. The SMILES string of the molecule is COc1ccc([C@@H](CC(=O)O)NC(=O)[C@@H]2COc3ccccc3C2)cc1OC. The predicted octanol–water partition coefficient (Wildman–Crippen LogP) is 2.59. The molecule has 1 heterocycles. The van der Waals surface area contributed by atoms with Crippen molar-refractivity contribution in [2.45, 2.75) is 18.9 Å². The first-order chi connectivity index (χ1) is 13.5. The van der Waals surface area contributed by atoms with Gasteiger partial charge in [-0.2, -0.15) is 0 Å². The molecule has 0 unspecified atom stereocenters. The van der Waals surface area contributed by atoms with E-state index in [9.17, 15) is 14.7 Å². The van der Waals surface area contributed by atoms with Gasteiger partial charge in [0.15, 0.2) is 11.5 Å². The fraction of sp³-hybridized carbons (Fsp3) is 0.333. The van der Waals surface area contributed by atoms with E-state index in [4.69, 9.17) is 14.2 Å². The van der Waals surface area contributed by atoms with Gasteiger partial charge in [-0.05, 0) is 35.7 Å². The number of fused-ring (bicyclic) bond motifs is 1. The van der Waals surface area contributed by atoms with Gasteiger partial charge in [0, 0.05) is 0 Å². The molecule has 2 aromatic carbocycles. The van der Waals surface area contributed by atoms with E-state index >= 15 is 0 Å². The summed E-state index contributed by atoms with van der Waals surface area (Å²) < 4.78 is 16.2. The van der Waals surface area contributed by atoms with Crippen LogP contribution in [0.4, 0.5) is 0 Å². The quantitative estimate of drug-likeness (QED) is 0.761. The van der Waals surface area contributed by atoms with Crippen LogP contribution in [0.2, 0.25) is 0 Å². The Kier molecular flexibility index (Phi) is 6.03. The first-order valence-corrected chi connectivity index (χ1v) is 8.96. The molecule has 2 atom stereocenters. The molecule has 0 saturated heterocycles. The maximum atomic E-state index is 12.8. The van der Waals surface area contributed by atoms with Crippen LogP contribution in [0.1, 0.15) is 23.6 Å². The summed E-state index contributed by atoms with van der Waals surface area (Å²) in [5, 5.41) is 12.2. The zero-order valence-electron chi connectivity index (χ0n) is 15.8. The summed E-state index contributed by atoms with van der Waals surface area (Å²) in [6.45, 7) is 0.259. The molecule has 3 rings (SSSR count). The van der Waals surface area contributed by atoms with Crippen molar-refractivity contribution in [3.05, 3.63) is 53.6 Å². The van der Waals surface area contributed by atoms with Crippen molar-refractivity contribution < 1.29 is 28.9 Å². The summed E-state index contributed by atoms with van der Waals surface area (Å²) in [6.07, 6.45) is 0.305. The van der Waals surface area contributed by atoms with E-state index < -0.39 is 12.0 Å². The minimum atomic E-state index is -1.01. The highest BCUT2D eigenvalue weighted by molar-refractivity contribution is 5.81. The molecular weight excluding hydrogens is 362 g/mol. The van der Waals surface area contributed by atoms with E-state index in [2.05, 4.69) is 5.32 Å². The van der Waals surface area contributed by atoms with Crippen LogP contribution in [0.25, 0.3) is 0 Å². The average Bonchev–Trinajstić information content (AvgIpc) is 2.71. The Labute approximate surface area is 163 Å². The summed E-state index contributed by atoms with van der Waals surface area (Å²) in [5.41, 5.74) is 1.60. The summed E-state index contributed by atoms with van der Waals surface area (Å²) in [4.78, 5) is 24.2. The second-order valence-electron chi connectivity index (χ2n) is 6.59. The molecule has 7 heteroatoms. The first-order valence-electron chi connectivity index (χ1n) is 8.96. The number of amides is 1. The molecule has 1 aliphatic heterocycles. The van der Waals surface area contributed by atoms with Gasteiger partial charge in [0.2, 0.25) is 5.91 Å².